The first-order valence-corrected chi connectivity index (χ1v) is 7.95. The van der Waals surface area contributed by atoms with E-state index < -0.39 is 0 Å². The zero-order valence-electron chi connectivity index (χ0n) is 13.1. The number of hydrogen-bond donors (Lipinski definition) is 0. The zero-order valence-corrected chi connectivity index (χ0v) is 13.1. The molecule has 0 fully saturated rings. The number of fused-ring (bicyclic) bond motifs is 2. The van der Waals surface area contributed by atoms with E-state index in [4.69, 9.17) is 4.98 Å². The number of benzene rings is 2. The molecular weight excluding hydrogens is 284 g/mol. The number of pyridine rings is 1. The first-order chi connectivity index (χ1) is 11.2. The van der Waals surface area contributed by atoms with E-state index in [0.717, 1.165) is 29.6 Å². The van der Waals surface area contributed by atoms with Crippen molar-refractivity contribution in [3.8, 4) is 11.1 Å². The molecule has 1 aliphatic rings. The third kappa shape index (κ3) is 2.38. The minimum Gasteiger partial charge on any atom is -0.338 e. The van der Waals surface area contributed by atoms with Gasteiger partial charge in [-0.3, -0.25) is 9.78 Å². The molecule has 0 saturated heterocycles. The smallest absolute Gasteiger partial charge is 0.219 e. The van der Waals surface area contributed by atoms with Crippen molar-refractivity contribution in [1.29, 1.82) is 0 Å². The Morgan fingerprint density at radius 2 is 1.78 bits per heavy atom. The Labute approximate surface area is 135 Å². The lowest BCUT2D eigenvalue weighted by Crippen LogP contribution is -2.35. The van der Waals surface area contributed by atoms with Crippen LogP contribution in [0.5, 0.6) is 0 Å². The Morgan fingerprint density at radius 1 is 1.04 bits per heavy atom. The zero-order chi connectivity index (χ0) is 15.8. The molecule has 3 aromatic rings. The number of rotatable bonds is 1. The van der Waals surface area contributed by atoms with Crippen LogP contribution in [-0.2, 0) is 17.8 Å². The number of aromatic nitrogens is 1. The standard InChI is InChI=1S/C20H18N2O/c1-14(23)22-12-11-19-17(13-22)20(15-7-3-2-4-8-15)16-9-5-6-10-18(16)21-19/h2-10H,11-13H2,1H3. The van der Waals surface area contributed by atoms with Crippen LogP contribution in [0.3, 0.4) is 0 Å². The van der Waals surface area contributed by atoms with E-state index in [0.29, 0.717) is 6.54 Å². The molecule has 3 heteroatoms. The second kappa shape index (κ2) is 5.51. The first-order valence-electron chi connectivity index (χ1n) is 7.95. The highest BCUT2D eigenvalue weighted by atomic mass is 16.2. The maximum Gasteiger partial charge on any atom is 0.219 e. The van der Waals surface area contributed by atoms with Crippen LogP contribution in [0.4, 0.5) is 0 Å². The summed E-state index contributed by atoms with van der Waals surface area (Å²) in [5.41, 5.74) is 5.75. The van der Waals surface area contributed by atoms with Crippen molar-refractivity contribution in [1.82, 2.24) is 9.88 Å². The summed E-state index contributed by atoms with van der Waals surface area (Å²) in [6, 6.07) is 18.7. The van der Waals surface area contributed by atoms with E-state index in [-0.39, 0.29) is 5.91 Å². The SMILES string of the molecule is CC(=O)N1CCc2nc3ccccc3c(-c3ccccc3)c2C1. The summed E-state index contributed by atoms with van der Waals surface area (Å²) in [7, 11) is 0. The molecular formula is C20H18N2O. The lowest BCUT2D eigenvalue weighted by Gasteiger charge is -2.29. The Kier molecular flexibility index (Phi) is 3.34. The van der Waals surface area contributed by atoms with Crippen molar-refractivity contribution in [2.45, 2.75) is 19.9 Å². The summed E-state index contributed by atoms with van der Waals surface area (Å²) in [6.45, 7) is 3.04. The van der Waals surface area contributed by atoms with Gasteiger partial charge in [-0.15, -0.1) is 0 Å². The summed E-state index contributed by atoms with van der Waals surface area (Å²) < 4.78 is 0. The second-order valence-corrected chi connectivity index (χ2v) is 5.99. The molecule has 1 amide bonds. The average molecular weight is 302 g/mol. The van der Waals surface area contributed by atoms with Crippen molar-refractivity contribution >= 4 is 16.8 Å². The Morgan fingerprint density at radius 3 is 2.57 bits per heavy atom. The summed E-state index contributed by atoms with van der Waals surface area (Å²) in [5, 5.41) is 1.16. The van der Waals surface area contributed by atoms with Crippen LogP contribution < -0.4 is 0 Å². The van der Waals surface area contributed by atoms with E-state index in [2.05, 4.69) is 42.5 Å². The normalized spacial score (nSPS) is 13.9. The van der Waals surface area contributed by atoms with Crippen LogP contribution in [0.15, 0.2) is 54.6 Å². The maximum absolute atomic E-state index is 11.8. The van der Waals surface area contributed by atoms with Crippen molar-refractivity contribution in [3.63, 3.8) is 0 Å². The van der Waals surface area contributed by atoms with Gasteiger partial charge in [-0.1, -0.05) is 48.5 Å². The molecule has 0 bridgehead atoms. The van der Waals surface area contributed by atoms with Gasteiger partial charge in [-0.25, -0.2) is 0 Å². The molecule has 4 rings (SSSR count). The van der Waals surface area contributed by atoms with Gasteiger partial charge in [-0.05, 0) is 17.2 Å². The van der Waals surface area contributed by atoms with Crippen LogP contribution in [0.2, 0.25) is 0 Å². The number of hydrogen-bond acceptors (Lipinski definition) is 2. The van der Waals surface area contributed by atoms with Gasteiger partial charge < -0.3 is 4.90 Å². The molecule has 0 aliphatic carbocycles. The van der Waals surface area contributed by atoms with Crippen molar-refractivity contribution < 1.29 is 4.79 Å². The molecule has 3 nitrogen and oxygen atoms in total. The molecule has 0 saturated carbocycles. The summed E-state index contributed by atoms with van der Waals surface area (Å²) in [4.78, 5) is 18.6. The average Bonchev–Trinajstić information content (AvgIpc) is 2.59. The predicted molar refractivity (Wildman–Crippen MR) is 92.0 cm³/mol. The number of amides is 1. The molecule has 23 heavy (non-hydrogen) atoms. The molecule has 1 aromatic heterocycles. The summed E-state index contributed by atoms with van der Waals surface area (Å²) in [6.07, 6.45) is 0.819. The van der Waals surface area contributed by atoms with Gasteiger partial charge >= 0.3 is 0 Å². The van der Waals surface area contributed by atoms with E-state index in [1.807, 2.05) is 17.0 Å². The number of nitrogens with zero attached hydrogens (tertiary/aromatic N) is 2. The van der Waals surface area contributed by atoms with Gasteiger partial charge in [0.1, 0.15) is 0 Å². The molecule has 0 unspecified atom stereocenters. The molecule has 2 aromatic carbocycles. The number of carbonyl (C=O) groups is 1. The van der Waals surface area contributed by atoms with E-state index in [1.54, 1.807) is 6.92 Å². The van der Waals surface area contributed by atoms with Crippen molar-refractivity contribution in [3.05, 3.63) is 65.9 Å². The van der Waals surface area contributed by atoms with Gasteiger partial charge in [-0.2, -0.15) is 0 Å². The topological polar surface area (TPSA) is 33.2 Å². The van der Waals surface area contributed by atoms with Crippen LogP contribution in [-0.4, -0.2) is 22.3 Å². The highest BCUT2D eigenvalue weighted by Crippen LogP contribution is 2.35. The van der Waals surface area contributed by atoms with Gasteiger partial charge in [0.2, 0.25) is 5.91 Å². The quantitative estimate of drug-likeness (QED) is 0.685. The molecule has 114 valence electrons. The van der Waals surface area contributed by atoms with Crippen molar-refractivity contribution in [2.75, 3.05) is 6.54 Å². The van der Waals surface area contributed by atoms with Crippen LogP contribution in [0.1, 0.15) is 18.2 Å². The molecule has 0 N–H and O–H groups in total. The lowest BCUT2D eigenvalue weighted by molar-refractivity contribution is -0.129. The Hall–Kier alpha value is -2.68. The van der Waals surface area contributed by atoms with Gasteiger partial charge in [0.05, 0.1) is 5.52 Å². The minimum atomic E-state index is 0.128. The van der Waals surface area contributed by atoms with Crippen molar-refractivity contribution in [2.24, 2.45) is 0 Å². The largest absolute Gasteiger partial charge is 0.338 e. The third-order valence-corrected chi connectivity index (χ3v) is 4.55. The Bertz CT molecular complexity index is 887. The van der Waals surface area contributed by atoms with Gasteiger partial charge in [0.15, 0.2) is 0 Å². The fourth-order valence-electron chi connectivity index (χ4n) is 3.39. The number of para-hydroxylation sites is 1. The lowest BCUT2D eigenvalue weighted by atomic mass is 9.91. The van der Waals surface area contributed by atoms with Crippen LogP contribution in [0, 0.1) is 0 Å². The van der Waals surface area contributed by atoms with Gasteiger partial charge in [0.25, 0.3) is 0 Å². The van der Waals surface area contributed by atoms with Crippen LogP contribution in [0.25, 0.3) is 22.0 Å². The summed E-state index contributed by atoms with van der Waals surface area (Å²) >= 11 is 0. The summed E-state index contributed by atoms with van der Waals surface area (Å²) in [5.74, 6) is 0.128. The molecule has 0 radical (unpaired) electrons. The molecule has 2 heterocycles. The van der Waals surface area contributed by atoms with E-state index >= 15 is 0 Å². The van der Waals surface area contributed by atoms with Gasteiger partial charge in [0, 0.05) is 43.1 Å². The fraction of sp³-hybridized carbons (Fsp3) is 0.200. The predicted octanol–water partition coefficient (Wildman–Crippen LogP) is 3.81. The molecule has 0 atom stereocenters. The Balaban J connectivity index is 2.01. The third-order valence-electron chi connectivity index (χ3n) is 4.55. The maximum atomic E-state index is 11.8. The first kappa shape index (κ1) is 13.9. The van der Waals surface area contributed by atoms with Crippen LogP contribution >= 0.6 is 0 Å². The minimum absolute atomic E-state index is 0.128. The highest BCUT2D eigenvalue weighted by Gasteiger charge is 2.24. The molecule has 0 spiro atoms. The van der Waals surface area contributed by atoms with E-state index in [1.165, 1.54) is 16.7 Å². The monoisotopic (exact) mass is 302 g/mol. The highest BCUT2D eigenvalue weighted by molar-refractivity contribution is 5.97. The number of carbonyl (C=O) groups excluding carboxylic acids is 1. The van der Waals surface area contributed by atoms with E-state index in [9.17, 15) is 4.79 Å². The molecule has 1 aliphatic heterocycles. The fourth-order valence-corrected chi connectivity index (χ4v) is 3.39. The second-order valence-electron chi connectivity index (χ2n) is 5.99.